The Morgan fingerprint density at radius 1 is 1.10 bits per heavy atom. The van der Waals surface area contributed by atoms with Gasteiger partial charge in [-0.3, -0.25) is 0 Å². The first-order valence-electron chi connectivity index (χ1n) is 7.69. The van der Waals surface area contributed by atoms with Gasteiger partial charge in [-0.15, -0.1) is 0 Å². The van der Waals surface area contributed by atoms with E-state index in [-0.39, 0.29) is 6.10 Å². The van der Waals surface area contributed by atoms with Gasteiger partial charge < -0.3 is 9.84 Å². The van der Waals surface area contributed by atoms with Gasteiger partial charge in [-0.05, 0) is 47.6 Å². The number of ether oxygens (including phenoxy) is 1. The van der Waals surface area contributed by atoms with E-state index in [4.69, 9.17) is 4.74 Å². The highest BCUT2D eigenvalue weighted by Gasteiger charge is 2.19. The van der Waals surface area contributed by atoms with Gasteiger partial charge in [0.2, 0.25) is 0 Å². The predicted molar refractivity (Wildman–Crippen MR) is 85.3 cm³/mol. The fourth-order valence-electron chi connectivity index (χ4n) is 2.84. The fourth-order valence-corrected chi connectivity index (χ4v) is 2.84. The van der Waals surface area contributed by atoms with Gasteiger partial charge in [-0.2, -0.15) is 0 Å². The van der Waals surface area contributed by atoms with Crippen LogP contribution in [0.2, 0.25) is 0 Å². The van der Waals surface area contributed by atoms with Crippen LogP contribution in [-0.2, 0) is 11.2 Å². The first-order chi connectivity index (χ1) is 10.2. The maximum atomic E-state index is 10.3. The Morgan fingerprint density at radius 2 is 1.86 bits per heavy atom. The lowest BCUT2D eigenvalue weighted by atomic mass is 10.0. The van der Waals surface area contributed by atoms with Crippen molar-refractivity contribution in [3.63, 3.8) is 0 Å². The third-order valence-electron chi connectivity index (χ3n) is 4.32. The summed E-state index contributed by atoms with van der Waals surface area (Å²) in [5.41, 5.74) is 6.24. The number of fused-ring (bicyclic) bond motifs is 3. The minimum absolute atomic E-state index is 0.193. The van der Waals surface area contributed by atoms with E-state index < -0.39 is 6.10 Å². The largest absolute Gasteiger partial charge is 0.386 e. The molecule has 2 aromatic rings. The van der Waals surface area contributed by atoms with Gasteiger partial charge in [0.1, 0.15) is 6.10 Å². The van der Waals surface area contributed by atoms with E-state index >= 15 is 0 Å². The average molecular weight is 282 g/mol. The number of rotatable bonds is 5. The lowest BCUT2D eigenvalue weighted by Crippen LogP contribution is -2.13. The zero-order valence-electron chi connectivity index (χ0n) is 12.7. The van der Waals surface area contributed by atoms with Gasteiger partial charge in [-0.25, -0.2) is 0 Å². The van der Waals surface area contributed by atoms with Gasteiger partial charge in [0.25, 0.3) is 0 Å². The third kappa shape index (κ3) is 2.87. The summed E-state index contributed by atoms with van der Waals surface area (Å²) in [5, 5.41) is 10.3. The average Bonchev–Trinajstić information content (AvgIpc) is 2.89. The van der Waals surface area contributed by atoms with Crippen LogP contribution in [0.5, 0.6) is 0 Å². The van der Waals surface area contributed by atoms with E-state index in [0.717, 1.165) is 18.4 Å². The highest BCUT2D eigenvalue weighted by Crippen LogP contribution is 2.37. The molecule has 0 fully saturated rings. The normalized spacial score (nSPS) is 15.4. The van der Waals surface area contributed by atoms with Crippen LogP contribution in [0.4, 0.5) is 0 Å². The molecule has 2 nitrogen and oxygen atoms in total. The maximum Gasteiger partial charge on any atom is 0.102 e. The molecule has 21 heavy (non-hydrogen) atoms. The number of aliphatic hydroxyl groups is 1. The van der Waals surface area contributed by atoms with E-state index in [2.05, 4.69) is 43.3 Å². The summed E-state index contributed by atoms with van der Waals surface area (Å²) in [6.07, 6.45) is 1.57. The molecule has 110 valence electrons. The zero-order valence-corrected chi connectivity index (χ0v) is 12.7. The topological polar surface area (TPSA) is 29.5 Å². The highest BCUT2D eigenvalue weighted by atomic mass is 16.5. The first-order valence-corrected chi connectivity index (χ1v) is 7.69. The number of hydrogen-bond donors (Lipinski definition) is 1. The second-order valence-electron chi connectivity index (χ2n) is 5.82. The van der Waals surface area contributed by atoms with Crippen molar-refractivity contribution in [1.29, 1.82) is 0 Å². The predicted octanol–water partition coefficient (Wildman–Crippen LogP) is 4.11. The first kappa shape index (κ1) is 14.3. The van der Waals surface area contributed by atoms with E-state index in [9.17, 15) is 5.11 Å². The molecule has 1 N–H and O–H groups in total. The molecule has 1 aliphatic rings. The minimum atomic E-state index is -0.548. The second-order valence-corrected chi connectivity index (χ2v) is 5.82. The fraction of sp³-hybridized carbons (Fsp3) is 0.368. The SMILES string of the molecule is CCC(C)OCC(O)c1ccc2c(c1)Cc1ccccc1-2. The van der Waals surface area contributed by atoms with Crippen LogP contribution in [0.3, 0.4) is 0 Å². The molecule has 0 radical (unpaired) electrons. The van der Waals surface area contributed by atoms with Crippen molar-refractivity contribution in [3.8, 4) is 11.1 Å². The van der Waals surface area contributed by atoms with Gasteiger partial charge in [0.15, 0.2) is 0 Å². The van der Waals surface area contributed by atoms with Crippen molar-refractivity contribution in [1.82, 2.24) is 0 Å². The smallest absolute Gasteiger partial charge is 0.102 e. The van der Waals surface area contributed by atoms with Crippen molar-refractivity contribution in [2.45, 2.75) is 38.9 Å². The molecule has 2 aromatic carbocycles. The Morgan fingerprint density at radius 3 is 2.67 bits per heavy atom. The van der Waals surface area contributed by atoms with Crippen LogP contribution in [0.15, 0.2) is 42.5 Å². The maximum absolute atomic E-state index is 10.3. The second kappa shape index (κ2) is 6.00. The molecule has 0 aromatic heterocycles. The van der Waals surface area contributed by atoms with E-state index in [1.165, 1.54) is 22.3 Å². The third-order valence-corrected chi connectivity index (χ3v) is 4.32. The van der Waals surface area contributed by atoms with Crippen molar-refractivity contribution in [3.05, 3.63) is 59.2 Å². The molecule has 0 saturated carbocycles. The molecular weight excluding hydrogens is 260 g/mol. The monoisotopic (exact) mass is 282 g/mol. The van der Waals surface area contributed by atoms with Crippen LogP contribution in [0.25, 0.3) is 11.1 Å². The van der Waals surface area contributed by atoms with Crippen LogP contribution < -0.4 is 0 Å². The van der Waals surface area contributed by atoms with E-state index in [0.29, 0.717) is 6.61 Å². The van der Waals surface area contributed by atoms with Gasteiger partial charge in [-0.1, -0.05) is 49.4 Å². The van der Waals surface area contributed by atoms with Gasteiger partial charge in [0.05, 0.1) is 12.7 Å². The van der Waals surface area contributed by atoms with Crippen LogP contribution in [0.1, 0.15) is 43.1 Å². The Labute approximate surface area is 126 Å². The van der Waals surface area contributed by atoms with Crippen LogP contribution in [-0.4, -0.2) is 17.8 Å². The Bertz CT molecular complexity index is 633. The molecule has 2 heteroatoms. The molecule has 1 aliphatic carbocycles. The molecule has 0 bridgehead atoms. The van der Waals surface area contributed by atoms with Crippen molar-refractivity contribution in [2.24, 2.45) is 0 Å². The molecule has 3 rings (SSSR count). The standard InChI is InChI=1S/C19H22O2/c1-3-13(2)21-12-19(20)15-8-9-18-16(11-15)10-14-6-4-5-7-17(14)18/h4-9,11,13,19-20H,3,10,12H2,1-2H3. The Balaban J connectivity index is 1.77. The highest BCUT2D eigenvalue weighted by molar-refractivity contribution is 5.76. The molecule has 0 heterocycles. The quantitative estimate of drug-likeness (QED) is 0.763. The molecule has 2 unspecified atom stereocenters. The number of aliphatic hydroxyl groups excluding tert-OH is 1. The molecule has 0 aliphatic heterocycles. The molecule has 0 amide bonds. The van der Waals surface area contributed by atoms with E-state index in [1.54, 1.807) is 0 Å². The summed E-state index contributed by atoms with van der Waals surface area (Å²) in [6, 6.07) is 14.8. The zero-order chi connectivity index (χ0) is 14.8. The van der Waals surface area contributed by atoms with E-state index in [1.807, 2.05) is 13.0 Å². The summed E-state index contributed by atoms with van der Waals surface area (Å²) in [5.74, 6) is 0. The summed E-state index contributed by atoms with van der Waals surface area (Å²) in [7, 11) is 0. The lowest BCUT2D eigenvalue weighted by molar-refractivity contribution is -0.00376. The summed E-state index contributed by atoms with van der Waals surface area (Å²) >= 11 is 0. The summed E-state index contributed by atoms with van der Waals surface area (Å²) in [6.45, 7) is 4.48. The van der Waals surface area contributed by atoms with Gasteiger partial charge in [0, 0.05) is 0 Å². The van der Waals surface area contributed by atoms with Gasteiger partial charge >= 0.3 is 0 Å². The van der Waals surface area contributed by atoms with Crippen LogP contribution in [0, 0.1) is 0 Å². The summed E-state index contributed by atoms with van der Waals surface area (Å²) in [4.78, 5) is 0. The van der Waals surface area contributed by atoms with Crippen molar-refractivity contribution in [2.75, 3.05) is 6.61 Å². The molecular formula is C19H22O2. The molecule has 0 spiro atoms. The number of hydrogen-bond acceptors (Lipinski definition) is 2. The molecule has 2 atom stereocenters. The minimum Gasteiger partial charge on any atom is -0.386 e. The summed E-state index contributed by atoms with van der Waals surface area (Å²) < 4.78 is 5.64. The Hall–Kier alpha value is -1.64. The molecule has 0 saturated heterocycles. The Kier molecular flexibility index (Phi) is 4.09. The number of benzene rings is 2. The van der Waals surface area contributed by atoms with Crippen molar-refractivity contribution < 1.29 is 9.84 Å². The van der Waals surface area contributed by atoms with Crippen molar-refractivity contribution >= 4 is 0 Å². The lowest BCUT2D eigenvalue weighted by Gasteiger charge is -2.16. The van der Waals surface area contributed by atoms with Crippen LogP contribution >= 0.6 is 0 Å².